The van der Waals surface area contributed by atoms with Gasteiger partial charge in [0.05, 0.1) is 19.0 Å². The van der Waals surface area contributed by atoms with Crippen LogP contribution in [0, 0.1) is 11.8 Å². The lowest BCUT2D eigenvalue weighted by molar-refractivity contribution is -0.147. The van der Waals surface area contributed by atoms with Gasteiger partial charge in [-0.05, 0) is 19.3 Å². The van der Waals surface area contributed by atoms with Gasteiger partial charge in [0.1, 0.15) is 0 Å². The number of carbonyl (C=O) groups excluding carboxylic acids is 3. The summed E-state index contributed by atoms with van der Waals surface area (Å²) < 4.78 is 0. The zero-order valence-electron chi connectivity index (χ0n) is 11.1. The van der Waals surface area contributed by atoms with E-state index >= 15 is 0 Å². The van der Waals surface area contributed by atoms with E-state index < -0.39 is 48.6 Å². The third kappa shape index (κ3) is 4.52. The zero-order chi connectivity index (χ0) is 15.3. The van der Waals surface area contributed by atoms with Gasteiger partial charge in [0, 0.05) is 5.92 Å². The van der Waals surface area contributed by atoms with Gasteiger partial charge in [-0.2, -0.15) is 0 Å². The molecular weight excluding hydrogens is 266 g/mol. The van der Waals surface area contributed by atoms with Gasteiger partial charge in [-0.3, -0.25) is 19.2 Å². The van der Waals surface area contributed by atoms with Crippen molar-refractivity contribution < 1.29 is 24.3 Å². The highest BCUT2D eigenvalue weighted by Crippen LogP contribution is 2.30. The van der Waals surface area contributed by atoms with Crippen molar-refractivity contribution in [2.45, 2.75) is 25.7 Å². The van der Waals surface area contributed by atoms with Gasteiger partial charge in [0.15, 0.2) is 0 Å². The first-order valence-electron chi connectivity index (χ1n) is 6.39. The van der Waals surface area contributed by atoms with E-state index in [0.29, 0.717) is 19.3 Å². The lowest BCUT2D eigenvalue weighted by Crippen LogP contribution is -2.46. The summed E-state index contributed by atoms with van der Waals surface area (Å²) in [5.41, 5.74) is 10.1. The van der Waals surface area contributed by atoms with Crippen LogP contribution in [0.4, 0.5) is 0 Å². The van der Waals surface area contributed by atoms with E-state index in [1.165, 1.54) is 0 Å². The lowest BCUT2D eigenvalue weighted by atomic mass is 9.80. The molecule has 8 nitrogen and oxygen atoms in total. The first kappa shape index (κ1) is 15.9. The summed E-state index contributed by atoms with van der Waals surface area (Å²) in [7, 11) is 0. The van der Waals surface area contributed by atoms with Crippen LogP contribution in [0.15, 0.2) is 0 Å². The molecule has 1 fully saturated rings. The summed E-state index contributed by atoms with van der Waals surface area (Å²) >= 11 is 0. The number of carboxylic acid groups (broad SMARTS) is 1. The fourth-order valence-corrected chi connectivity index (χ4v) is 2.48. The lowest BCUT2D eigenvalue weighted by Gasteiger charge is -2.30. The van der Waals surface area contributed by atoms with E-state index in [9.17, 15) is 19.2 Å². The minimum atomic E-state index is -0.932. The quantitative estimate of drug-likeness (QED) is 0.554. The molecule has 8 heteroatoms. The van der Waals surface area contributed by atoms with Crippen molar-refractivity contribution in [3.63, 3.8) is 0 Å². The van der Waals surface area contributed by atoms with Crippen LogP contribution < -0.4 is 11.5 Å². The first-order valence-corrected chi connectivity index (χ1v) is 6.39. The fraction of sp³-hybridized carbons (Fsp3) is 0.667. The molecule has 0 aromatic rings. The Morgan fingerprint density at radius 1 is 1.00 bits per heavy atom. The van der Waals surface area contributed by atoms with Crippen molar-refractivity contribution in [1.29, 1.82) is 0 Å². The van der Waals surface area contributed by atoms with Gasteiger partial charge in [-0.15, -0.1) is 0 Å². The smallest absolute Gasteiger partial charge is 0.306 e. The average Bonchev–Trinajstić information content (AvgIpc) is 2.36. The number of hydrogen-bond donors (Lipinski definition) is 3. The molecule has 112 valence electrons. The number of amides is 3. The molecule has 5 N–H and O–H groups in total. The van der Waals surface area contributed by atoms with E-state index in [2.05, 4.69) is 0 Å². The largest absolute Gasteiger partial charge is 0.481 e. The molecule has 0 saturated heterocycles. The summed E-state index contributed by atoms with van der Waals surface area (Å²) in [6, 6.07) is 0. The van der Waals surface area contributed by atoms with Gasteiger partial charge in [0.25, 0.3) is 0 Å². The molecule has 20 heavy (non-hydrogen) atoms. The molecule has 0 aliphatic heterocycles. The van der Waals surface area contributed by atoms with E-state index in [-0.39, 0.29) is 6.42 Å². The molecule has 2 atom stereocenters. The Kier molecular flexibility index (Phi) is 5.48. The summed E-state index contributed by atoms with van der Waals surface area (Å²) in [5, 5.41) is 8.99. The molecule has 0 radical (unpaired) electrons. The van der Waals surface area contributed by atoms with E-state index in [0.717, 1.165) is 4.90 Å². The monoisotopic (exact) mass is 285 g/mol. The Labute approximate surface area is 116 Å². The average molecular weight is 285 g/mol. The van der Waals surface area contributed by atoms with E-state index in [1.54, 1.807) is 0 Å². The molecule has 0 aromatic heterocycles. The van der Waals surface area contributed by atoms with Crippen LogP contribution in [-0.2, 0) is 19.2 Å². The number of primary amides is 2. The van der Waals surface area contributed by atoms with Crippen molar-refractivity contribution in [3.05, 3.63) is 0 Å². The summed E-state index contributed by atoms with van der Waals surface area (Å²) in [6.45, 7) is -0.786. The van der Waals surface area contributed by atoms with Gasteiger partial charge in [0.2, 0.25) is 17.7 Å². The van der Waals surface area contributed by atoms with Crippen LogP contribution in [0.5, 0.6) is 0 Å². The normalized spacial score (nSPS) is 22.0. The number of hydrogen-bond acceptors (Lipinski definition) is 4. The first-order chi connectivity index (χ1) is 9.31. The number of carbonyl (C=O) groups is 4. The van der Waals surface area contributed by atoms with Crippen LogP contribution in [0.3, 0.4) is 0 Å². The van der Waals surface area contributed by atoms with Crippen molar-refractivity contribution in [1.82, 2.24) is 4.90 Å². The molecule has 0 bridgehead atoms. The molecule has 1 aliphatic carbocycles. The maximum absolute atomic E-state index is 12.3. The fourth-order valence-electron chi connectivity index (χ4n) is 2.48. The number of nitrogens with two attached hydrogens (primary N) is 2. The van der Waals surface area contributed by atoms with Gasteiger partial charge in [-0.25, -0.2) is 0 Å². The molecular formula is C12H19N3O5. The Balaban J connectivity index is 2.74. The number of carboxylic acids is 1. The molecule has 0 heterocycles. The molecule has 2 unspecified atom stereocenters. The Hall–Kier alpha value is -2.12. The Morgan fingerprint density at radius 3 is 1.95 bits per heavy atom. The highest BCUT2D eigenvalue weighted by atomic mass is 16.4. The Morgan fingerprint density at radius 2 is 1.50 bits per heavy atom. The minimum absolute atomic E-state index is 0.211. The van der Waals surface area contributed by atoms with Crippen molar-refractivity contribution in [2.24, 2.45) is 23.3 Å². The molecule has 1 aliphatic rings. The predicted octanol–water partition coefficient (Wildman–Crippen LogP) is -1.32. The molecule has 3 amide bonds. The summed E-state index contributed by atoms with van der Waals surface area (Å²) in [4.78, 5) is 46.1. The number of aliphatic carboxylic acids is 1. The van der Waals surface area contributed by atoms with Gasteiger partial charge in [-0.1, -0.05) is 6.42 Å². The molecule has 0 aromatic carbocycles. The highest BCUT2D eigenvalue weighted by molar-refractivity contribution is 5.89. The van der Waals surface area contributed by atoms with Crippen LogP contribution in [0.1, 0.15) is 25.7 Å². The van der Waals surface area contributed by atoms with E-state index in [1.807, 2.05) is 0 Å². The number of nitrogens with zero attached hydrogens (tertiary/aromatic N) is 1. The van der Waals surface area contributed by atoms with E-state index in [4.69, 9.17) is 16.6 Å². The van der Waals surface area contributed by atoms with Crippen LogP contribution >= 0.6 is 0 Å². The second kappa shape index (κ2) is 6.88. The van der Waals surface area contributed by atoms with Crippen LogP contribution in [0.2, 0.25) is 0 Å². The third-order valence-corrected chi connectivity index (χ3v) is 3.38. The van der Waals surface area contributed by atoms with Gasteiger partial charge < -0.3 is 21.5 Å². The number of rotatable bonds is 6. The maximum Gasteiger partial charge on any atom is 0.306 e. The highest BCUT2D eigenvalue weighted by Gasteiger charge is 2.34. The second-order valence-electron chi connectivity index (χ2n) is 5.03. The SMILES string of the molecule is NC(=O)CN(CC(N)=O)C(=O)C1CCCC(C(=O)O)C1. The van der Waals surface area contributed by atoms with Crippen LogP contribution in [0.25, 0.3) is 0 Å². The second-order valence-corrected chi connectivity index (χ2v) is 5.03. The Bertz CT molecular complexity index is 407. The van der Waals surface area contributed by atoms with Crippen molar-refractivity contribution >= 4 is 23.7 Å². The van der Waals surface area contributed by atoms with Crippen molar-refractivity contribution in [3.8, 4) is 0 Å². The summed E-state index contributed by atoms with van der Waals surface area (Å²) in [5.74, 6) is -3.94. The van der Waals surface area contributed by atoms with Crippen LogP contribution in [-0.4, -0.2) is 46.8 Å². The molecule has 1 rings (SSSR count). The topological polar surface area (TPSA) is 144 Å². The minimum Gasteiger partial charge on any atom is -0.481 e. The predicted molar refractivity (Wildman–Crippen MR) is 68.1 cm³/mol. The standard InChI is InChI=1S/C12H19N3O5/c13-9(16)5-15(6-10(14)17)11(18)7-2-1-3-8(4-7)12(19)20/h7-8H,1-6H2,(H2,13,16)(H2,14,17)(H,19,20). The summed E-state index contributed by atoms with van der Waals surface area (Å²) in [6.07, 6.45) is 1.90. The van der Waals surface area contributed by atoms with Crippen molar-refractivity contribution in [2.75, 3.05) is 13.1 Å². The molecule has 1 saturated carbocycles. The molecule has 0 spiro atoms. The third-order valence-electron chi connectivity index (χ3n) is 3.38. The maximum atomic E-state index is 12.3. The van der Waals surface area contributed by atoms with Gasteiger partial charge >= 0.3 is 5.97 Å². The zero-order valence-corrected chi connectivity index (χ0v) is 11.1.